The van der Waals surface area contributed by atoms with Gasteiger partial charge in [-0.1, -0.05) is 13.0 Å². The molecule has 0 saturated carbocycles. The number of carbonyl (C=O) groups is 2. The van der Waals surface area contributed by atoms with Gasteiger partial charge in [-0.05, 0) is 24.1 Å². The highest BCUT2D eigenvalue weighted by Gasteiger charge is 2.29. The Morgan fingerprint density at radius 2 is 2.12 bits per heavy atom. The molecule has 0 aliphatic carbocycles. The van der Waals surface area contributed by atoms with E-state index in [0.717, 1.165) is 12.0 Å². The lowest BCUT2D eigenvalue weighted by Gasteiger charge is -2.26. The number of hydrogen-bond donors (Lipinski definition) is 1. The van der Waals surface area contributed by atoms with Crippen molar-refractivity contribution in [2.75, 3.05) is 12.3 Å². The normalized spacial score (nSPS) is 15.2. The Balaban J connectivity index is 2.42. The van der Waals surface area contributed by atoms with Crippen LogP contribution in [0.15, 0.2) is 18.2 Å². The summed E-state index contributed by atoms with van der Waals surface area (Å²) in [5.74, 6) is -0.343. The number of fused-ring (bicyclic) bond motifs is 1. The first kappa shape index (κ1) is 10.7. The van der Waals surface area contributed by atoms with E-state index in [4.69, 9.17) is 5.73 Å². The van der Waals surface area contributed by atoms with Gasteiger partial charge in [0.15, 0.2) is 0 Å². The van der Waals surface area contributed by atoms with E-state index in [0.29, 0.717) is 24.2 Å². The highest BCUT2D eigenvalue weighted by Crippen LogP contribution is 2.22. The summed E-state index contributed by atoms with van der Waals surface area (Å²) < 4.78 is 0. The van der Waals surface area contributed by atoms with Gasteiger partial charge >= 0.3 is 0 Å². The third kappa shape index (κ3) is 1.66. The van der Waals surface area contributed by atoms with Crippen molar-refractivity contribution >= 4 is 17.5 Å². The van der Waals surface area contributed by atoms with Gasteiger partial charge < -0.3 is 5.73 Å². The largest absolute Gasteiger partial charge is 0.399 e. The van der Waals surface area contributed by atoms with E-state index in [-0.39, 0.29) is 11.8 Å². The summed E-state index contributed by atoms with van der Waals surface area (Å²) in [6.45, 7) is 2.42. The van der Waals surface area contributed by atoms with Crippen molar-refractivity contribution in [1.29, 1.82) is 0 Å². The first-order valence-corrected chi connectivity index (χ1v) is 5.36. The highest BCUT2D eigenvalue weighted by molar-refractivity contribution is 6.10. The minimum atomic E-state index is -0.222. The van der Waals surface area contributed by atoms with Gasteiger partial charge in [-0.15, -0.1) is 0 Å². The fraction of sp³-hybridized carbons (Fsp3) is 0.333. The molecule has 0 aromatic heterocycles. The number of imide groups is 1. The molecule has 0 spiro atoms. The van der Waals surface area contributed by atoms with E-state index < -0.39 is 0 Å². The monoisotopic (exact) mass is 218 g/mol. The van der Waals surface area contributed by atoms with Crippen molar-refractivity contribution in [2.24, 2.45) is 0 Å². The van der Waals surface area contributed by atoms with Crippen LogP contribution in [-0.4, -0.2) is 23.3 Å². The maximum atomic E-state index is 12.0. The molecule has 4 heteroatoms. The summed E-state index contributed by atoms with van der Waals surface area (Å²) in [6.07, 6.45) is 1.07. The van der Waals surface area contributed by atoms with E-state index in [1.165, 1.54) is 4.90 Å². The highest BCUT2D eigenvalue weighted by atomic mass is 16.2. The predicted molar refractivity (Wildman–Crippen MR) is 60.9 cm³/mol. The van der Waals surface area contributed by atoms with Crippen molar-refractivity contribution in [3.63, 3.8) is 0 Å². The van der Waals surface area contributed by atoms with Crippen LogP contribution in [0, 0.1) is 0 Å². The van der Waals surface area contributed by atoms with Crippen LogP contribution < -0.4 is 5.73 Å². The van der Waals surface area contributed by atoms with Gasteiger partial charge in [0, 0.05) is 17.8 Å². The number of amides is 2. The van der Waals surface area contributed by atoms with Gasteiger partial charge in [-0.25, -0.2) is 0 Å². The molecule has 16 heavy (non-hydrogen) atoms. The lowest BCUT2D eigenvalue weighted by atomic mass is 9.98. The molecular formula is C12H14N2O2. The number of rotatable bonds is 2. The van der Waals surface area contributed by atoms with Crippen LogP contribution in [-0.2, 0) is 11.2 Å². The second-order valence-electron chi connectivity index (χ2n) is 3.94. The van der Waals surface area contributed by atoms with Gasteiger partial charge in [0.25, 0.3) is 5.91 Å². The molecular weight excluding hydrogens is 204 g/mol. The summed E-state index contributed by atoms with van der Waals surface area (Å²) in [7, 11) is 0. The summed E-state index contributed by atoms with van der Waals surface area (Å²) in [4.78, 5) is 25.0. The summed E-state index contributed by atoms with van der Waals surface area (Å²) in [6, 6.07) is 5.12. The molecule has 1 aliphatic heterocycles. The molecule has 0 bridgehead atoms. The van der Waals surface area contributed by atoms with Crippen LogP contribution in [0.25, 0.3) is 0 Å². The van der Waals surface area contributed by atoms with E-state index in [1.54, 1.807) is 18.2 Å². The minimum Gasteiger partial charge on any atom is -0.399 e. The molecule has 0 unspecified atom stereocenters. The van der Waals surface area contributed by atoms with Crippen LogP contribution in [0.5, 0.6) is 0 Å². The number of benzene rings is 1. The molecule has 1 aromatic carbocycles. The second-order valence-corrected chi connectivity index (χ2v) is 3.94. The Kier molecular flexibility index (Phi) is 2.64. The van der Waals surface area contributed by atoms with Crippen LogP contribution >= 0.6 is 0 Å². The first-order valence-electron chi connectivity index (χ1n) is 5.36. The van der Waals surface area contributed by atoms with Crippen molar-refractivity contribution in [1.82, 2.24) is 4.90 Å². The Morgan fingerprint density at radius 3 is 2.81 bits per heavy atom. The fourth-order valence-electron chi connectivity index (χ4n) is 1.91. The second kappa shape index (κ2) is 3.96. The number of anilines is 1. The van der Waals surface area contributed by atoms with E-state index in [2.05, 4.69) is 0 Å². The molecule has 84 valence electrons. The number of nitrogens with two attached hydrogens (primary N) is 1. The third-order valence-corrected chi connectivity index (χ3v) is 2.70. The molecule has 1 heterocycles. The summed E-state index contributed by atoms with van der Waals surface area (Å²) in [5.41, 5.74) is 7.53. The van der Waals surface area contributed by atoms with Gasteiger partial charge in [0.05, 0.1) is 6.42 Å². The minimum absolute atomic E-state index is 0.121. The Hall–Kier alpha value is -1.84. The first-order chi connectivity index (χ1) is 7.63. The summed E-state index contributed by atoms with van der Waals surface area (Å²) >= 11 is 0. The Bertz CT molecular complexity index is 454. The number of nitrogens with zero attached hydrogens (tertiary/aromatic N) is 1. The molecule has 0 radical (unpaired) electrons. The van der Waals surface area contributed by atoms with Crippen molar-refractivity contribution in [3.05, 3.63) is 29.3 Å². The molecule has 1 aromatic rings. The topological polar surface area (TPSA) is 63.4 Å². The molecule has 0 fully saturated rings. The van der Waals surface area contributed by atoms with Gasteiger partial charge in [0.2, 0.25) is 5.91 Å². The van der Waals surface area contributed by atoms with Gasteiger partial charge in [0.1, 0.15) is 0 Å². The lowest BCUT2D eigenvalue weighted by molar-refractivity contribution is -0.128. The van der Waals surface area contributed by atoms with Crippen LogP contribution in [0.4, 0.5) is 5.69 Å². The molecule has 4 nitrogen and oxygen atoms in total. The third-order valence-electron chi connectivity index (χ3n) is 2.70. The Labute approximate surface area is 94.0 Å². The van der Waals surface area contributed by atoms with Crippen LogP contribution in [0.3, 0.4) is 0 Å². The van der Waals surface area contributed by atoms with Crippen LogP contribution in [0.1, 0.15) is 29.3 Å². The fourth-order valence-corrected chi connectivity index (χ4v) is 1.91. The lowest BCUT2D eigenvalue weighted by Crippen LogP contribution is -2.42. The Morgan fingerprint density at radius 1 is 1.38 bits per heavy atom. The zero-order chi connectivity index (χ0) is 11.7. The number of nitrogen functional groups attached to an aromatic ring is 1. The molecule has 0 saturated heterocycles. The standard InChI is InChI=1S/C12H14N2O2/c1-2-5-14-11(15)6-8-3-4-9(13)7-10(8)12(14)16/h3-4,7H,2,5-6,13H2,1H3. The zero-order valence-electron chi connectivity index (χ0n) is 9.19. The van der Waals surface area contributed by atoms with Crippen molar-refractivity contribution < 1.29 is 9.59 Å². The van der Waals surface area contributed by atoms with E-state index >= 15 is 0 Å². The van der Waals surface area contributed by atoms with Crippen LogP contribution in [0.2, 0.25) is 0 Å². The molecule has 2 N–H and O–H groups in total. The van der Waals surface area contributed by atoms with Gasteiger partial charge in [-0.2, -0.15) is 0 Å². The average Bonchev–Trinajstić information content (AvgIpc) is 2.26. The molecule has 2 rings (SSSR count). The van der Waals surface area contributed by atoms with E-state index in [9.17, 15) is 9.59 Å². The molecule has 1 aliphatic rings. The molecule has 2 amide bonds. The number of carbonyl (C=O) groups excluding carboxylic acids is 2. The predicted octanol–water partition coefficient (Wildman–Crippen LogP) is 1.20. The molecule has 0 atom stereocenters. The maximum absolute atomic E-state index is 12.0. The number of hydrogen-bond acceptors (Lipinski definition) is 3. The van der Waals surface area contributed by atoms with Crippen molar-refractivity contribution in [3.8, 4) is 0 Å². The quantitative estimate of drug-likeness (QED) is 0.599. The maximum Gasteiger partial charge on any atom is 0.260 e. The average molecular weight is 218 g/mol. The SMILES string of the molecule is CCCN1C(=O)Cc2ccc(N)cc2C1=O. The summed E-state index contributed by atoms with van der Waals surface area (Å²) in [5, 5.41) is 0. The van der Waals surface area contributed by atoms with Crippen molar-refractivity contribution in [2.45, 2.75) is 19.8 Å². The van der Waals surface area contributed by atoms with Gasteiger partial charge in [-0.3, -0.25) is 14.5 Å². The smallest absolute Gasteiger partial charge is 0.260 e. The zero-order valence-corrected chi connectivity index (χ0v) is 9.19. The van der Waals surface area contributed by atoms with E-state index in [1.807, 2.05) is 6.92 Å².